The summed E-state index contributed by atoms with van der Waals surface area (Å²) in [6.07, 6.45) is 2.69. The van der Waals surface area contributed by atoms with Crippen LogP contribution in [-0.4, -0.2) is 45.5 Å². The van der Waals surface area contributed by atoms with Crippen LogP contribution in [0.25, 0.3) is 11.3 Å². The van der Waals surface area contributed by atoms with E-state index in [1.807, 2.05) is 13.8 Å². The fourth-order valence-corrected chi connectivity index (χ4v) is 3.11. The molecule has 0 fully saturated rings. The van der Waals surface area contributed by atoms with Crippen molar-refractivity contribution < 1.29 is 24.2 Å². The summed E-state index contributed by atoms with van der Waals surface area (Å²) in [6, 6.07) is 6.41. The number of nitrogens with zero attached hydrogens (tertiary/aromatic N) is 2. The van der Waals surface area contributed by atoms with E-state index in [9.17, 15) is 19.5 Å². The molecule has 0 saturated heterocycles. The number of ether oxygens (including phenoxy) is 2. The molecule has 9 heteroatoms. The average Bonchev–Trinajstić information content (AvgIpc) is 3.10. The molecular weight excluding hydrogens is 390 g/mol. The Kier molecular flexibility index (Phi) is 6.20. The molecule has 1 aromatic carbocycles. The maximum absolute atomic E-state index is 12.2. The molecular formula is C21H23N3O6. The summed E-state index contributed by atoms with van der Waals surface area (Å²) in [5, 5.41) is 15.6. The Balaban J connectivity index is 2.06. The molecule has 0 aliphatic carbocycles. The van der Waals surface area contributed by atoms with Crippen LogP contribution >= 0.6 is 0 Å². The van der Waals surface area contributed by atoms with E-state index in [4.69, 9.17) is 9.47 Å². The number of hydrogen-bond donors (Lipinski definition) is 2. The standard InChI is InChI=1S/C21H23N3O6/c1-12(2)11-30-14-6-4-13(5-7-14)17(8-18(25)26)24-9-15-19(22-23-20(15)27)16(10-24)21(28)29-3/h4-7,9-10,12,17H,8,11H2,1-3H3,(H,23,27)(H,25,26)/t17-/m1/s1. The molecule has 3 rings (SSSR count). The van der Waals surface area contributed by atoms with E-state index >= 15 is 0 Å². The van der Waals surface area contributed by atoms with Crippen LogP contribution in [0.1, 0.15) is 42.2 Å². The fraction of sp³-hybridized carbons (Fsp3) is 0.333. The number of benzene rings is 1. The van der Waals surface area contributed by atoms with Crippen molar-refractivity contribution in [2.45, 2.75) is 26.3 Å². The molecule has 2 heterocycles. The van der Waals surface area contributed by atoms with Crippen LogP contribution in [0.15, 0.2) is 41.5 Å². The largest absolute Gasteiger partial charge is 0.493 e. The van der Waals surface area contributed by atoms with Gasteiger partial charge in [-0.25, -0.2) is 9.89 Å². The van der Waals surface area contributed by atoms with Crippen molar-refractivity contribution in [3.05, 3.63) is 58.1 Å². The summed E-state index contributed by atoms with van der Waals surface area (Å²) in [5.74, 6) is -0.650. The van der Waals surface area contributed by atoms with E-state index in [1.54, 1.807) is 24.3 Å². The number of aliphatic carboxylic acids is 1. The lowest BCUT2D eigenvalue weighted by atomic mass is 10.0. The summed E-state index contributed by atoms with van der Waals surface area (Å²) in [4.78, 5) is 35.9. The fourth-order valence-electron chi connectivity index (χ4n) is 3.11. The lowest BCUT2D eigenvalue weighted by Gasteiger charge is -2.22. The number of carboxylic acid groups (broad SMARTS) is 1. The molecule has 0 aromatic heterocycles. The van der Waals surface area contributed by atoms with Gasteiger partial charge in [0.05, 0.1) is 31.7 Å². The Morgan fingerprint density at radius 3 is 2.50 bits per heavy atom. The van der Waals surface area contributed by atoms with Gasteiger partial charge in [-0.15, -0.1) is 0 Å². The maximum Gasteiger partial charge on any atom is 0.341 e. The van der Waals surface area contributed by atoms with Crippen molar-refractivity contribution in [3.63, 3.8) is 0 Å². The Hall–Kier alpha value is -3.62. The quantitative estimate of drug-likeness (QED) is 0.544. The molecule has 2 aliphatic heterocycles. The summed E-state index contributed by atoms with van der Waals surface area (Å²) < 4.78 is 12.0. The van der Waals surface area contributed by atoms with E-state index in [1.165, 1.54) is 24.1 Å². The Morgan fingerprint density at radius 1 is 1.20 bits per heavy atom. The van der Waals surface area contributed by atoms with Crippen molar-refractivity contribution in [1.82, 2.24) is 14.8 Å². The van der Waals surface area contributed by atoms with Gasteiger partial charge < -0.3 is 19.1 Å². The highest BCUT2D eigenvalue weighted by molar-refractivity contribution is 5.96. The first-order chi connectivity index (χ1) is 14.3. The van der Waals surface area contributed by atoms with Crippen LogP contribution < -0.4 is 10.3 Å². The minimum Gasteiger partial charge on any atom is -0.493 e. The summed E-state index contributed by atoms with van der Waals surface area (Å²) in [6.45, 7) is 4.66. The maximum atomic E-state index is 12.2. The predicted octanol–water partition coefficient (Wildman–Crippen LogP) is 2.56. The first-order valence-corrected chi connectivity index (χ1v) is 9.43. The molecule has 158 valence electrons. The molecule has 0 amide bonds. The summed E-state index contributed by atoms with van der Waals surface area (Å²) in [7, 11) is 1.22. The van der Waals surface area contributed by atoms with Crippen molar-refractivity contribution in [1.29, 1.82) is 0 Å². The first-order valence-electron chi connectivity index (χ1n) is 9.43. The topological polar surface area (TPSA) is 124 Å². The molecule has 1 atom stereocenters. The second-order valence-corrected chi connectivity index (χ2v) is 7.31. The van der Waals surface area contributed by atoms with Gasteiger partial charge in [-0.05, 0) is 23.6 Å². The van der Waals surface area contributed by atoms with Crippen LogP contribution in [0.5, 0.6) is 5.75 Å². The highest BCUT2D eigenvalue weighted by atomic mass is 16.5. The van der Waals surface area contributed by atoms with Crippen LogP contribution in [0.4, 0.5) is 0 Å². The van der Waals surface area contributed by atoms with E-state index in [0.717, 1.165) is 0 Å². The number of nitrogens with one attached hydrogen (secondary N) is 1. The second-order valence-electron chi connectivity index (χ2n) is 7.31. The number of aromatic nitrogens is 3. The SMILES string of the molecule is COC(=O)c1cn([C@H](CC(=O)O)c2ccc(OCC(C)C)cc2)cc2c(=O)[nH]nc1-2. The van der Waals surface area contributed by atoms with Gasteiger partial charge in [-0.3, -0.25) is 9.59 Å². The number of carbonyl (C=O) groups excluding carboxylic acids is 1. The van der Waals surface area contributed by atoms with E-state index in [2.05, 4.69) is 10.2 Å². The van der Waals surface area contributed by atoms with E-state index < -0.39 is 23.5 Å². The number of aromatic amines is 1. The van der Waals surface area contributed by atoms with Gasteiger partial charge in [0.1, 0.15) is 17.0 Å². The van der Waals surface area contributed by atoms with Crippen LogP contribution in [0, 0.1) is 5.92 Å². The zero-order valence-electron chi connectivity index (χ0n) is 16.9. The third kappa shape index (κ3) is 4.51. The normalized spacial score (nSPS) is 12.1. The zero-order chi connectivity index (χ0) is 21.8. The van der Waals surface area contributed by atoms with Crippen molar-refractivity contribution in [2.24, 2.45) is 5.92 Å². The minimum atomic E-state index is -1.03. The van der Waals surface area contributed by atoms with Gasteiger partial charge in [-0.2, -0.15) is 5.10 Å². The number of carboxylic acids is 1. The number of fused-ring (bicyclic) bond motifs is 1. The number of hydrogen-bond acceptors (Lipinski definition) is 6. The number of H-pyrrole nitrogens is 1. The van der Waals surface area contributed by atoms with Gasteiger partial charge in [0.2, 0.25) is 0 Å². The molecule has 2 N–H and O–H groups in total. The Bertz CT molecular complexity index is 1070. The number of methoxy groups -OCH3 is 1. The van der Waals surface area contributed by atoms with Gasteiger partial charge >= 0.3 is 11.9 Å². The summed E-state index contributed by atoms with van der Waals surface area (Å²) >= 11 is 0. The predicted molar refractivity (Wildman–Crippen MR) is 108 cm³/mol. The molecule has 30 heavy (non-hydrogen) atoms. The molecule has 0 radical (unpaired) electrons. The second kappa shape index (κ2) is 8.81. The monoisotopic (exact) mass is 413 g/mol. The first kappa shape index (κ1) is 21.1. The third-order valence-corrected chi connectivity index (χ3v) is 4.56. The molecule has 1 aromatic rings. The van der Waals surface area contributed by atoms with Crippen molar-refractivity contribution in [2.75, 3.05) is 13.7 Å². The Labute approximate surface area is 172 Å². The molecule has 2 aliphatic rings. The minimum absolute atomic E-state index is 0.0700. The van der Waals surface area contributed by atoms with Gasteiger partial charge in [0, 0.05) is 12.4 Å². The van der Waals surface area contributed by atoms with Gasteiger partial charge in [0.15, 0.2) is 0 Å². The number of rotatable bonds is 8. The van der Waals surface area contributed by atoms with E-state index in [-0.39, 0.29) is 23.2 Å². The lowest BCUT2D eigenvalue weighted by Crippen LogP contribution is -2.19. The zero-order valence-corrected chi connectivity index (χ0v) is 16.9. The van der Waals surface area contributed by atoms with E-state index in [0.29, 0.717) is 23.8 Å². The lowest BCUT2D eigenvalue weighted by molar-refractivity contribution is -0.137. The highest BCUT2D eigenvalue weighted by Crippen LogP contribution is 2.29. The van der Waals surface area contributed by atoms with Crippen molar-refractivity contribution >= 4 is 11.9 Å². The highest BCUT2D eigenvalue weighted by Gasteiger charge is 2.25. The van der Waals surface area contributed by atoms with Crippen LogP contribution in [0.2, 0.25) is 0 Å². The molecule has 0 bridgehead atoms. The van der Waals surface area contributed by atoms with Crippen LogP contribution in [-0.2, 0) is 9.53 Å². The van der Waals surface area contributed by atoms with Gasteiger partial charge in [-0.1, -0.05) is 26.0 Å². The molecule has 0 saturated carbocycles. The number of carbonyl (C=O) groups is 2. The average molecular weight is 413 g/mol. The molecule has 0 spiro atoms. The number of esters is 1. The number of pyridine rings is 1. The van der Waals surface area contributed by atoms with Crippen LogP contribution in [0.3, 0.4) is 0 Å². The Morgan fingerprint density at radius 2 is 1.90 bits per heavy atom. The van der Waals surface area contributed by atoms with Crippen molar-refractivity contribution in [3.8, 4) is 17.0 Å². The smallest absolute Gasteiger partial charge is 0.341 e. The third-order valence-electron chi connectivity index (χ3n) is 4.56. The molecule has 0 unspecified atom stereocenters. The molecule has 9 nitrogen and oxygen atoms in total. The summed E-state index contributed by atoms with van der Waals surface area (Å²) in [5.41, 5.74) is 0.627. The van der Waals surface area contributed by atoms with Gasteiger partial charge in [0.25, 0.3) is 5.56 Å².